The van der Waals surface area contributed by atoms with Crippen molar-refractivity contribution in [1.29, 1.82) is 0 Å². The number of hydrogen-bond donors (Lipinski definition) is 0. The lowest BCUT2D eigenvalue weighted by atomic mass is 10.2. The Morgan fingerprint density at radius 2 is 1.74 bits per heavy atom. The topological polar surface area (TPSA) is 63.7 Å². The molecule has 0 atom stereocenters. The van der Waals surface area contributed by atoms with Gasteiger partial charge in [-0.2, -0.15) is 0 Å². The number of nitrogens with zero attached hydrogens (tertiary/aromatic N) is 1. The van der Waals surface area contributed by atoms with Crippen molar-refractivity contribution in [2.45, 2.75) is 4.90 Å². The van der Waals surface area contributed by atoms with Crippen LogP contribution in [0.1, 0.15) is 10.4 Å². The van der Waals surface area contributed by atoms with Crippen LogP contribution in [0.5, 0.6) is 5.75 Å². The van der Waals surface area contributed by atoms with Crippen LogP contribution in [0.15, 0.2) is 47.4 Å². The number of sulfonamides is 1. The zero-order valence-electron chi connectivity index (χ0n) is 12.3. The molecule has 0 saturated heterocycles. The lowest BCUT2D eigenvalue weighted by Crippen LogP contribution is -2.22. The highest BCUT2D eigenvalue weighted by molar-refractivity contribution is 7.89. The molecule has 0 aliphatic heterocycles. The maximum Gasteiger partial charge on any atom is 0.343 e. The highest BCUT2D eigenvalue weighted by Crippen LogP contribution is 2.27. The van der Waals surface area contributed by atoms with Crippen LogP contribution < -0.4 is 4.74 Å². The second kappa shape index (κ2) is 6.88. The van der Waals surface area contributed by atoms with Gasteiger partial charge in [0.2, 0.25) is 10.0 Å². The van der Waals surface area contributed by atoms with E-state index < -0.39 is 16.0 Å². The molecule has 0 N–H and O–H groups in total. The standard InChI is InChI=1S/C15H13Cl2NO4S/c1-18(2)23(20,21)12-5-3-4-10(8-12)15(19)22-11-6-7-13(16)14(17)9-11/h3-9H,1-2H3. The Bertz CT molecular complexity index is 850. The van der Waals surface area contributed by atoms with E-state index in [1.807, 2.05) is 0 Å². The number of benzene rings is 2. The van der Waals surface area contributed by atoms with Gasteiger partial charge in [0.25, 0.3) is 0 Å². The van der Waals surface area contributed by atoms with Crippen molar-refractivity contribution < 1.29 is 17.9 Å². The largest absolute Gasteiger partial charge is 0.423 e. The van der Waals surface area contributed by atoms with E-state index in [1.165, 1.54) is 56.6 Å². The molecule has 0 heterocycles. The van der Waals surface area contributed by atoms with E-state index >= 15 is 0 Å². The molecule has 23 heavy (non-hydrogen) atoms. The number of rotatable bonds is 4. The number of halogens is 2. The fraction of sp³-hybridized carbons (Fsp3) is 0.133. The van der Waals surface area contributed by atoms with Crippen molar-refractivity contribution in [2.24, 2.45) is 0 Å². The van der Waals surface area contributed by atoms with E-state index in [2.05, 4.69) is 0 Å². The maximum atomic E-state index is 12.2. The fourth-order valence-corrected chi connectivity index (χ4v) is 2.94. The predicted octanol–water partition coefficient (Wildman–Crippen LogP) is 3.46. The zero-order chi connectivity index (χ0) is 17.2. The average Bonchev–Trinajstić information content (AvgIpc) is 2.51. The SMILES string of the molecule is CN(C)S(=O)(=O)c1cccc(C(=O)Oc2ccc(Cl)c(Cl)c2)c1. The molecule has 0 saturated carbocycles. The first kappa shape index (κ1) is 17.7. The summed E-state index contributed by atoms with van der Waals surface area (Å²) in [5.74, 6) is -0.482. The Hall–Kier alpha value is -1.60. The molecule has 0 bridgehead atoms. The van der Waals surface area contributed by atoms with Gasteiger partial charge in [-0.1, -0.05) is 29.3 Å². The molecule has 2 rings (SSSR count). The van der Waals surface area contributed by atoms with E-state index in [1.54, 1.807) is 0 Å². The first-order valence-corrected chi connectivity index (χ1v) is 8.61. The summed E-state index contributed by atoms with van der Waals surface area (Å²) < 4.78 is 30.4. The number of esters is 1. The molecule has 0 unspecified atom stereocenters. The molecule has 0 aliphatic carbocycles. The third-order valence-corrected chi connectivity index (χ3v) is 5.50. The smallest absolute Gasteiger partial charge is 0.343 e. The molecule has 0 radical (unpaired) electrons. The summed E-state index contributed by atoms with van der Waals surface area (Å²) in [5.41, 5.74) is 0.110. The van der Waals surface area contributed by atoms with Gasteiger partial charge in [0.15, 0.2) is 0 Å². The van der Waals surface area contributed by atoms with Gasteiger partial charge in [-0.3, -0.25) is 0 Å². The summed E-state index contributed by atoms with van der Waals surface area (Å²) in [6.07, 6.45) is 0. The third-order valence-electron chi connectivity index (χ3n) is 2.95. The predicted molar refractivity (Wildman–Crippen MR) is 88.7 cm³/mol. The quantitative estimate of drug-likeness (QED) is 0.607. The Morgan fingerprint density at radius 3 is 2.35 bits per heavy atom. The lowest BCUT2D eigenvalue weighted by Gasteiger charge is -2.12. The summed E-state index contributed by atoms with van der Waals surface area (Å²) in [4.78, 5) is 12.2. The van der Waals surface area contributed by atoms with Crippen molar-refractivity contribution >= 4 is 39.2 Å². The van der Waals surface area contributed by atoms with E-state index in [0.717, 1.165) is 4.31 Å². The fourth-order valence-electron chi connectivity index (χ4n) is 1.70. The molecular weight excluding hydrogens is 361 g/mol. The molecule has 0 fully saturated rings. The van der Waals surface area contributed by atoms with Crippen LogP contribution in [-0.2, 0) is 10.0 Å². The summed E-state index contributed by atoms with van der Waals surface area (Å²) in [6.45, 7) is 0. The van der Waals surface area contributed by atoms with E-state index in [9.17, 15) is 13.2 Å². The minimum absolute atomic E-state index is 0.00564. The zero-order valence-corrected chi connectivity index (χ0v) is 14.6. The molecule has 2 aromatic rings. The number of carbonyl (C=O) groups excluding carboxylic acids is 1. The molecule has 2 aromatic carbocycles. The van der Waals surface area contributed by atoms with Gasteiger partial charge in [-0.05, 0) is 30.3 Å². The van der Waals surface area contributed by atoms with Crippen LogP contribution in [0.25, 0.3) is 0 Å². The first-order valence-electron chi connectivity index (χ1n) is 6.41. The Kier molecular flexibility index (Phi) is 5.31. The van der Waals surface area contributed by atoms with Crippen LogP contribution in [-0.4, -0.2) is 32.8 Å². The van der Waals surface area contributed by atoms with E-state index in [4.69, 9.17) is 27.9 Å². The van der Waals surface area contributed by atoms with Crippen molar-refractivity contribution in [3.63, 3.8) is 0 Å². The molecule has 0 aromatic heterocycles. The van der Waals surface area contributed by atoms with E-state index in [-0.39, 0.29) is 21.2 Å². The number of ether oxygens (including phenoxy) is 1. The summed E-state index contributed by atoms with van der Waals surface area (Å²) in [6, 6.07) is 10.0. The molecule has 0 spiro atoms. The van der Waals surface area contributed by atoms with Gasteiger partial charge in [-0.25, -0.2) is 17.5 Å². The summed E-state index contributed by atoms with van der Waals surface area (Å²) >= 11 is 11.6. The molecule has 5 nitrogen and oxygen atoms in total. The molecular formula is C15H13Cl2NO4S. The van der Waals surface area contributed by atoms with Crippen molar-refractivity contribution in [3.8, 4) is 5.75 Å². The van der Waals surface area contributed by atoms with Gasteiger partial charge in [0, 0.05) is 20.2 Å². The van der Waals surface area contributed by atoms with Crippen LogP contribution in [0.2, 0.25) is 10.0 Å². The Labute approximate surface area is 144 Å². The molecule has 122 valence electrons. The maximum absolute atomic E-state index is 12.2. The first-order chi connectivity index (χ1) is 10.7. The van der Waals surface area contributed by atoms with Crippen molar-refractivity contribution in [3.05, 3.63) is 58.1 Å². The molecule has 0 amide bonds. The molecule has 8 heteroatoms. The summed E-state index contributed by atoms with van der Waals surface area (Å²) in [7, 11) is -0.806. The monoisotopic (exact) mass is 373 g/mol. The van der Waals surface area contributed by atoms with Crippen molar-refractivity contribution in [2.75, 3.05) is 14.1 Å². The van der Waals surface area contributed by atoms with E-state index in [0.29, 0.717) is 5.02 Å². The van der Waals surface area contributed by atoms with Crippen LogP contribution in [0.3, 0.4) is 0 Å². The number of hydrogen-bond acceptors (Lipinski definition) is 4. The van der Waals surface area contributed by atoms with Gasteiger partial charge in [-0.15, -0.1) is 0 Å². The van der Waals surface area contributed by atoms with Gasteiger partial charge in [0.1, 0.15) is 5.75 Å². The second-order valence-electron chi connectivity index (χ2n) is 4.78. The Balaban J connectivity index is 2.28. The molecule has 0 aliphatic rings. The Morgan fingerprint density at radius 1 is 1.04 bits per heavy atom. The van der Waals surface area contributed by atoms with Crippen LogP contribution >= 0.6 is 23.2 Å². The highest BCUT2D eigenvalue weighted by atomic mass is 35.5. The van der Waals surface area contributed by atoms with Gasteiger partial charge >= 0.3 is 5.97 Å². The highest BCUT2D eigenvalue weighted by Gasteiger charge is 2.19. The van der Waals surface area contributed by atoms with Gasteiger partial charge < -0.3 is 4.74 Å². The van der Waals surface area contributed by atoms with Gasteiger partial charge in [0.05, 0.1) is 20.5 Å². The summed E-state index contributed by atoms with van der Waals surface area (Å²) in [5, 5.41) is 0.589. The normalized spacial score (nSPS) is 11.5. The number of carbonyl (C=O) groups is 1. The van der Waals surface area contributed by atoms with Crippen LogP contribution in [0.4, 0.5) is 0 Å². The average molecular weight is 374 g/mol. The minimum Gasteiger partial charge on any atom is -0.423 e. The lowest BCUT2D eigenvalue weighted by molar-refractivity contribution is 0.0734. The second-order valence-corrected chi connectivity index (χ2v) is 7.75. The van der Waals surface area contributed by atoms with Crippen molar-refractivity contribution in [1.82, 2.24) is 4.31 Å². The third kappa shape index (κ3) is 4.03. The minimum atomic E-state index is -3.63. The van der Waals surface area contributed by atoms with Crippen LogP contribution in [0, 0.1) is 0 Å².